The van der Waals surface area contributed by atoms with E-state index in [9.17, 15) is 19.0 Å². The van der Waals surface area contributed by atoms with E-state index in [0.717, 1.165) is 44.9 Å². The number of carbonyl (C=O) groups is 2. The smallest absolute Gasteiger partial charge is 0.462 e. The van der Waals surface area contributed by atoms with Crippen molar-refractivity contribution in [3.05, 3.63) is 36.5 Å². The van der Waals surface area contributed by atoms with Crippen molar-refractivity contribution < 1.29 is 37.6 Å². The minimum absolute atomic E-state index is 0.0444. The summed E-state index contributed by atoms with van der Waals surface area (Å²) >= 11 is 0. The minimum atomic E-state index is -4.39. The predicted octanol–water partition coefficient (Wildman–Crippen LogP) is 11.0. The summed E-state index contributed by atoms with van der Waals surface area (Å²) in [5.41, 5.74) is 5.33. The van der Waals surface area contributed by atoms with Crippen LogP contribution in [0.25, 0.3) is 0 Å². The van der Waals surface area contributed by atoms with Gasteiger partial charge >= 0.3 is 19.8 Å². The van der Waals surface area contributed by atoms with Crippen LogP contribution >= 0.6 is 7.82 Å². The zero-order valence-corrected chi connectivity index (χ0v) is 32.8. The first-order chi connectivity index (χ1) is 24.3. The normalized spacial score (nSPS) is 13.8. The first-order valence-electron chi connectivity index (χ1n) is 20.0. The molecule has 292 valence electrons. The van der Waals surface area contributed by atoms with Gasteiger partial charge in [0.2, 0.25) is 0 Å². The second-order valence-electron chi connectivity index (χ2n) is 13.1. The number of unbranched alkanes of at least 4 members (excludes halogenated alkanes) is 18. The van der Waals surface area contributed by atoms with Crippen molar-refractivity contribution in [1.82, 2.24) is 0 Å². The fourth-order valence-corrected chi connectivity index (χ4v) is 6.03. The summed E-state index contributed by atoms with van der Waals surface area (Å²) in [6.07, 6.45) is 39.0. The third-order valence-corrected chi connectivity index (χ3v) is 9.25. The molecule has 0 rings (SSSR count). The van der Waals surface area contributed by atoms with Crippen molar-refractivity contribution in [3.8, 4) is 0 Å². The molecule has 0 bridgehead atoms. The summed E-state index contributed by atoms with van der Waals surface area (Å²) in [6, 6.07) is 0. The van der Waals surface area contributed by atoms with Gasteiger partial charge in [-0.1, -0.05) is 140 Å². The summed E-state index contributed by atoms with van der Waals surface area (Å²) in [5.74, 6) is -0.917. The van der Waals surface area contributed by atoms with Crippen molar-refractivity contribution in [2.45, 2.75) is 180 Å². The van der Waals surface area contributed by atoms with Crippen molar-refractivity contribution in [2.75, 3.05) is 26.4 Å². The molecule has 0 saturated carbocycles. The van der Waals surface area contributed by atoms with Crippen LogP contribution in [0.3, 0.4) is 0 Å². The number of ether oxygens (including phenoxy) is 2. The maximum absolute atomic E-state index is 12.5. The van der Waals surface area contributed by atoms with E-state index >= 15 is 0 Å². The maximum atomic E-state index is 12.5. The van der Waals surface area contributed by atoms with Crippen LogP contribution in [0.4, 0.5) is 0 Å². The number of allylic oxidation sites excluding steroid dienone is 6. The molecule has 50 heavy (non-hydrogen) atoms. The zero-order chi connectivity index (χ0) is 36.8. The number of phosphoric acid groups is 1. The molecular formula is C40H74NO8P. The minimum Gasteiger partial charge on any atom is -0.462 e. The molecule has 0 fully saturated rings. The van der Waals surface area contributed by atoms with Gasteiger partial charge in [-0.25, -0.2) is 4.57 Å². The van der Waals surface area contributed by atoms with Crippen LogP contribution in [0.15, 0.2) is 36.5 Å². The fraction of sp³-hybridized carbons (Fsp3) is 0.800. The first-order valence-corrected chi connectivity index (χ1v) is 21.5. The average molecular weight is 728 g/mol. The molecule has 0 aromatic heterocycles. The largest absolute Gasteiger partial charge is 0.472 e. The standard InChI is InChI=1S/C40H74NO8P/c1-3-5-7-9-11-13-15-17-18-19-21-22-24-26-28-30-32-39(42)46-36-38(37-48-50(44,45)47-35-34-41)49-40(43)33-31-29-27-25-23-20-16-14-12-10-8-6-4-2/h18-20,23,27,29,38H,3-17,21-22,24-26,28,30-37,41H2,1-2H3,(H,44,45)/b19-18+,23-20+,29-27+. The van der Waals surface area contributed by atoms with Crippen LogP contribution < -0.4 is 5.73 Å². The lowest BCUT2D eigenvalue weighted by Crippen LogP contribution is -2.29. The Morgan fingerprint density at radius 3 is 1.62 bits per heavy atom. The molecule has 0 heterocycles. The second kappa shape index (κ2) is 37.0. The lowest BCUT2D eigenvalue weighted by atomic mass is 10.1. The number of rotatable bonds is 37. The summed E-state index contributed by atoms with van der Waals surface area (Å²) in [5, 5.41) is 0. The highest BCUT2D eigenvalue weighted by atomic mass is 31.2. The molecule has 0 aromatic rings. The lowest BCUT2D eigenvalue weighted by Gasteiger charge is -2.19. The van der Waals surface area contributed by atoms with Crippen molar-refractivity contribution >= 4 is 19.8 Å². The van der Waals surface area contributed by atoms with E-state index in [1.165, 1.54) is 89.9 Å². The molecule has 2 atom stereocenters. The molecule has 0 spiro atoms. The van der Waals surface area contributed by atoms with Crippen molar-refractivity contribution in [3.63, 3.8) is 0 Å². The van der Waals surface area contributed by atoms with E-state index in [2.05, 4.69) is 38.2 Å². The molecule has 0 saturated heterocycles. The molecule has 10 heteroatoms. The highest BCUT2D eigenvalue weighted by Crippen LogP contribution is 2.43. The topological polar surface area (TPSA) is 134 Å². The van der Waals surface area contributed by atoms with Crippen LogP contribution in [0.5, 0.6) is 0 Å². The van der Waals surface area contributed by atoms with Crippen molar-refractivity contribution in [1.29, 1.82) is 0 Å². The van der Waals surface area contributed by atoms with E-state index in [0.29, 0.717) is 12.8 Å². The van der Waals surface area contributed by atoms with Gasteiger partial charge in [0.1, 0.15) is 6.61 Å². The summed E-state index contributed by atoms with van der Waals surface area (Å²) in [4.78, 5) is 34.7. The van der Waals surface area contributed by atoms with Crippen LogP contribution in [0.2, 0.25) is 0 Å². The molecule has 3 N–H and O–H groups in total. The van der Waals surface area contributed by atoms with E-state index < -0.39 is 32.5 Å². The molecular weight excluding hydrogens is 653 g/mol. The summed E-state index contributed by atoms with van der Waals surface area (Å²) in [6.45, 7) is 3.64. The molecule has 0 amide bonds. The SMILES string of the molecule is CCCCCCCC/C=C/C/C=C/CCC(=O)OC(COC(=O)CCCCCCC/C=C/CCCCCCCCC)COP(=O)(O)OCCN. The Morgan fingerprint density at radius 1 is 0.600 bits per heavy atom. The van der Waals surface area contributed by atoms with E-state index in [-0.39, 0.29) is 32.6 Å². The fourth-order valence-electron chi connectivity index (χ4n) is 5.27. The molecule has 2 unspecified atom stereocenters. The van der Waals surface area contributed by atoms with Crippen LogP contribution in [0, 0.1) is 0 Å². The van der Waals surface area contributed by atoms with E-state index in [1.54, 1.807) is 0 Å². The third kappa shape index (κ3) is 36.0. The lowest BCUT2D eigenvalue weighted by molar-refractivity contribution is -0.161. The first kappa shape index (κ1) is 48.2. The average Bonchev–Trinajstić information content (AvgIpc) is 3.10. The van der Waals surface area contributed by atoms with E-state index in [1.807, 2.05) is 12.2 Å². The third-order valence-electron chi connectivity index (χ3n) is 8.26. The Kier molecular flexibility index (Phi) is 35.7. The van der Waals surface area contributed by atoms with Crippen molar-refractivity contribution in [2.24, 2.45) is 5.73 Å². The van der Waals surface area contributed by atoms with Gasteiger partial charge in [0.15, 0.2) is 6.10 Å². The molecule has 0 aliphatic heterocycles. The van der Waals surface area contributed by atoms with Gasteiger partial charge in [0.25, 0.3) is 0 Å². The highest BCUT2D eigenvalue weighted by Gasteiger charge is 2.25. The molecule has 9 nitrogen and oxygen atoms in total. The van der Waals surface area contributed by atoms with E-state index in [4.69, 9.17) is 24.3 Å². The monoisotopic (exact) mass is 728 g/mol. The van der Waals surface area contributed by atoms with Gasteiger partial charge in [-0.3, -0.25) is 18.6 Å². The van der Waals surface area contributed by atoms with Gasteiger partial charge in [0.05, 0.1) is 13.2 Å². The quantitative estimate of drug-likeness (QED) is 0.0277. The number of phosphoric ester groups is 1. The number of hydrogen-bond donors (Lipinski definition) is 2. The van der Waals surface area contributed by atoms with Gasteiger partial charge in [-0.05, 0) is 57.8 Å². The Balaban J connectivity index is 4.27. The van der Waals surface area contributed by atoms with Crippen LogP contribution in [0.1, 0.15) is 174 Å². The number of hydrogen-bond acceptors (Lipinski definition) is 8. The Bertz CT molecular complexity index is 923. The Labute approximate surface area is 305 Å². The summed E-state index contributed by atoms with van der Waals surface area (Å²) in [7, 11) is -4.39. The maximum Gasteiger partial charge on any atom is 0.472 e. The van der Waals surface area contributed by atoms with Crippen LogP contribution in [-0.2, 0) is 32.7 Å². The molecule has 0 radical (unpaired) electrons. The second-order valence-corrected chi connectivity index (χ2v) is 14.6. The number of esters is 2. The van der Waals surface area contributed by atoms with Crippen LogP contribution in [-0.4, -0.2) is 49.3 Å². The highest BCUT2D eigenvalue weighted by molar-refractivity contribution is 7.47. The predicted molar refractivity (Wildman–Crippen MR) is 206 cm³/mol. The Morgan fingerprint density at radius 2 is 1.08 bits per heavy atom. The van der Waals surface area contributed by atoms with Gasteiger partial charge < -0.3 is 20.1 Å². The zero-order valence-electron chi connectivity index (χ0n) is 31.9. The summed E-state index contributed by atoms with van der Waals surface area (Å²) < 4.78 is 32.6. The molecule has 0 aliphatic carbocycles. The molecule has 0 aliphatic rings. The van der Waals surface area contributed by atoms with Gasteiger partial charge in [-0.15, -0.1) is 0 Å². The number of nitrogens with two attached hydrogens (primary N) is 1. The van der Waals surface area contributed by atoms with Gasteiger partial charge in [0, 0.05) is 19.4 Å². The Hall–Kier alpha value is -1.77. The molecule has 0 aromatic carbocycles. The number of carbonyl (C=O) groups excluding carboxylic acids is 2. The van der Waals surface area contributed by atoms with Gasteiger partial charge in [-0.2, -0.15) is 0 Å².